The molecule has 110 valence electrons. The standard InChI is InChI=1S/C15H23N3O2/c1-2-5-15(14(19)20)6-7-17(10-15)9-13-8-16-11-18(13)12-3-4-12/h8,11-12H,2-7,9-10H2,1H3,(H,19,20). The number of hydrogen-bond donors (Lipinski definition) is 1. The highest BCUT2D eigenvalue weighted by molar-refractivity contribution is 5.75. The average Bonchev–Trinajstić information content (AvgIpc) is 3.02. The van der Waals surface area contributed by atoms with Crippen molar-refractivity contribution in [3.8, 4) is 0 Å². The highest BCUT2D eigenvalue weighted by atomic mass is 16.4. The van der Waals surface area contributed by atoms with E-state index in [2.05, 4.69) is 21.4 Å². The molecule has 5 heteroatoms. The highest BCUT2D eigenvalue weighted by Crippen LogP contribution is 2.38. The van der Waals surface area contributed by atoms with E-state index in [1.807, 2.05) is 12.5 Å². The largest absolute Gasteiger partial charge is 0.481 e. The minimum atomic E-state index is -0.627. The number of nitrogens with zero attached hydrogens (tertiary/aromatic N) is 3. The van der Waals surface area contributed by atoms with Crippen LogP contribution in [0.2, 0.25) is 0 Å². The summed E-state index contributed by atoms with van der Waals surface area (Å²) in [6.07, 6.45) is 8.82. The second-order valence-corrected chi connectivity index (χ2v) is 6.32. The van der Waals surface area contributed by atoms with Crippen molar-refractivity contribution in [3.63, 3.8) is 0 Å². The lowest BCUT2D eigenvalue weighted by atomic mass is 9.83. The van der Waals surface area contributed by atoms with Gasteiger partial charge in [-0.25, -0.2) is 4.98 Å². The molecule has 1 aromatic rings. The lowest BCUT2D eigenvalue weighted by Gasteiger charge is -2.24. The third kappa shape index (κ3) is 2.46. The van der Waals surface area contributed by atoms with Crippen molar-refractivity contribution in [1.29, 1.82) is 0 Å². The summed E-state index contributed by atoms with van der Waals surface area (Å²) in [5, 5.41) is 9.55. The number of aliphatic carboxylic acids is 1. The fourth-order valence-electron chi connectivity index (χ4n) is 3.42. The van der Waals surface area contributed by atoms with Crippen molar-refractivity contribution in [2.75, 3.05) is 13.1 Å². The molecule has 2 fully saturated rings. The minimum absolute atomic E-state index is 0.529. The predicted octanol–water partition coefficient (Wildman–Crippen LogP) is 2.29. The zero-order chi connectivity index (χ0) is 14.2. The van der Waals surface area contributed by atoms with Gasteiger partial charge in [0.05, 0.1) is 17.4 Å². The Bertz CT molecular complexity index is 495. The summed E-state index contributed by atoms with van der Waals surface area (Å²) in [5.41, 5.74) is 0.698. The summed E-state index contributed by atoms with van der Waals surface area (Å²) in [4.78, 5) is 18.1. The first-order chi connectivity index (χ1) is 9.64. The van der Waals surface area contributed by atoms with Gasteiger partial charge in [-0.15, -0.1) is 0 Å². The molecule has 1 unspecified atom stereocenters. The number of hydrogen-bond acceptors (Lipinski definition) is 3. The molecule has 1 aliphatic carbocycles. The van der Waals surface area contributed by atoms with Gasteiger partial charge in [-0.2, -0.15) is 0 Å². The van der Waals surface area contributed by atoms with Gasteiger partial charge in [0, 0.05) is 25.3 Å². The van der Waals surface area contributed by atoms with Crippen LogP contribution in [0, 0.1) is 5.41 Å². The molecule has 1 atom stereocenters. The molecule has 0 bridgehead atoms. The summed E-state index contributed by atoms with van der Waals surface area (Å²) < 4.78 is 2.26. The van der Waals surface area contributed by atoms with E-state index in [1.54, 1.807) is 0 Å². The fraction of sp³-hybridized carbons (Fsp3) is 0.733. The molecule has 0 amide bonds. The second-order valence-electron chi connectivity index (χ2n) is 6.32. The quantitative estimate of drug-likeness (QED) is 0.866. The normalized spacial score (nSPS) is 27.1. The van der Waals surface area contributed by atoms with E-state index < -0.39 is 11.4 Å². The zero-order valence-corrected chi connectivity index (χ0v) is 12.1. The Hall–Kier alpha value is -1.36. The summed E-state index contributed by atoms with van der Waals surface area (Å²) in [5.74, 6) is -0.627. The van der Waals surface area contributed by atoms with Gasteiger partial charge in [0.15, 0.2) is 0 Å². The third-order valence-corrected chi connectivity index (χ3v) is 4.69. The van der Waals surface area contributed by atoms with Gasteiger partial charge in [-0.1, -0.05) is 13.3 Å². The predicted molar refractivity (Wildman–Crippen MR) is 75.4 cm³/mol. The van der Waals surface area contributed by atoms with E-state index in [9.17, 15) is 9.90 Å². The lowest BCUT2D eigenvalue weighted by Crippen LogP contribution is -2.34. The molecule has 5 nitrogen and oxygen atoms in total. The Morgan fingerprint density at radius 1 is 1.55 bits per heavy atom. The number of carboxylic acids is 1. The van der Waals surface area contributed by atoms with Crippen molar-refractivity contribution in [2.24, 2.45) is 5.41 Å². The molecule has 1 saturated heterocycles. The van der Waals surface area contributed by atoms with Gasteiger partial charge in [-0.05, 0) is 32.2 Å². The number of rotatable bonds is 6. The van der Waals surface area contributed by atoms with Crippen molar-refractivity contribution < 1.29 is 9.90 Å². The molecule has 1 aromatic heterocycles. The van der Waals surface area contributed by atoms with E-state index in [1.165, 1.54) is 18.5 Å². The molecule has 20 heavy (non-hydrogen) atoms. The molecular weight excluding hydrogens is 254 g/mol. The van der Waals surface area contributed by atoms with E-state index in [0.717, 1.165) is 32.4 Å². The highest BCUT2D eigenvalue weighted by Gasteiger charge is 2.44. The van der Waals surface area contributed by atoms with Crippen LogP contribution in [0.1, 0.15) is 50.8 Å². The van der Waals surface area contributed by atoms with E-state index in [-0.39, 0.29) is 0 Å². The molecule has 0 radical (unpaired) electrons. The first-order valence-corrected chi connectivity index (χ1v) is 7.61. The molecular formula is C15H23N3O2. The van der Waals surface area contributed by atoms with Crippen LogP contribution in [0.4, 0.5) is 0 Å². The fourth-order valence-corrected chi connectivity index (χ4v) is 3.42. The summed E-state index contributed by atoms with van der Waals surface area (Å²) in [6.45, 7) is 4.44. The van der Waals surface area contributed by atoms with E-state index in [4.69, 9.17) is 0 Å². The summed E-state index contributed by atoms with van der Waals surface area (Å²) in [6, 6.07) is 0.634. The zero-order valence-electron chi connectivity index (χ0n) is 12.1. The summed E-state index contributed by atoms with van der Waals surface area (Å²) in [7, 11) is 0. The molecule has 0 aromatic carbocycles. The number of carboxylic acid groups (broad SMARTS) is 1. The van der Waals surface area contributed by atoms with Crippen LogP contribution < -0.4 is 0 Å². The van der Waals surface area contributed by atoms with E-state index in [0.29, 0.717) is 12.6 Å². The van der Waals surface area contributed by atoms with Gasteiger partial charge in [-0.3, -0.25) is 9.69 Å². The number of likely N-dealkylation sites (tertiary alicyclic amines) is 1. The third-order valence-electron chi connectivity index (χ3n) is 4.69. The minimum Gasteiger partial charge on any atom is -0.481 e. The SMILES string of the molecule is CCCC1(C(=O)O)CCN(Cc2cncn2C2CC2)C1. The van der Waals surface area contributed by atoms with Gasteiger partial charge < -0.3 is 9.67 Å². The van der Waals surface area contributed by atoms with Crippen LogP contribution in [-0.2, 0) is 11.3 Å². The first-order valence-electron chi connectivity index (χ1n) is 7.61. The van der Waals surface area contributed by atoms with Crippen LogP contribution >= 0.6 is 0 Å². The maximum absolute atomic E-state index is 11.6. The molecule has 2 aliphatic rings. The molecule has 0 spiro atoms. The molecule has 1 saturated carbocycles. The number of aromatic nitrogens is 2. The van der Waals surface area contributed by atoms with Crippen molar-refractivity contribution in [2.45, 2.75) is 51.6 Å². The lowest BCUT2D eigenvalue weighted by molar-refractivity contribution is -0.148. The van der Waals surface area contributed by atoms with Gasteiger partial charge in [0.2, 0.25) is 0 Å². The van der Waals surface area contributed by atoms with Gasteiger partial charge in [0.1, 0.15) is 0 Å². The van der Waals surface area contributed by atoms with Crippen LogP contribution in [-0.4, -0.2) is 38.6 Å². The monoisotopic (exact) mass is 277 g/mol. The number of imidazole rings is 1. The van der Waals surface area contributed by atoms with Crippen LogP contribution in [0.15, 0.2) is 12.5 Å². The molecule has 3 rings (SSSR count). The first kappa shape index (κ1) is 13.6. The smallest absolute Gasteiger partial charge is 0.310 e. The Labute approximate surface area is 119 Å². The molecule has 1 aliphatic heterocycles. The van der Waals surface area contributed by atoms with Gasteiger partial charge >= 0.3 is 5.97 Å². The maximum Gasteiger partial charge on any atom is 0.310 e. The number of carbonyl (C=O) groups is 1. The maximum atomic E-state index is 11.6. The van der Waals surface area contributed by atoms with Crippen LogP contribution in [0.25, 0.3) is 0 Å². The average molecular weight is 277 g/mol. The topological polar surface area (TPSA) is 58.4 Å². The Balaban J connectivity index is 1.67. The van der Waals surface area contributed by atoms with Crippen molar-refractivity contribution in [3.05, 3.63) is 18.2 Å². The molecule has 2 heterocycles. The Morgan fingerprint density at radius 2 is 2.35 bits per heavy atom. The Morgan fingerprint density at radius 3 is 3.00 bits per heavy atom. The Kier molecular flexibility index (Phi) is 3.54. The summed E-state index contributed by atoms with van der Waals surface area (Å²) >= 11 is 0. The second kappa shape index (κ2) is 5.20. The van der Waals surface area contributed by atoms with E-state index >= 15 is 0 Å². The van der Waals surface area contributed by atoms with Gasteiger partial charge in [0.25, 0.3) is 0 Å². The van der Waals surface area contributed by atoms with Crippen LogP contribution in [0.3, 0.4) is 0 Å². The van der Waals surface area contributed by atoms with Crippen molar-refractivity contribution >= 4 is 5.97 Å². The molecule has 1 N–H and O–H groups in total. The van der Waals surface area contributed by atoms with Crippen molar-refractivity contribution in [1.82, 2.24) is 14.5 Å². The van der Waals surface area contributed by atoms with Crippen LogP contribution in [0.5, 0.6) is 0 Å².